The predicted octanol–water partition coefficient (Wildman–Crippen LogP) is 2.68. The molecule has 1 N–H and O–H groups in total. The first-order chi connectivity index (χ1) is 10.0. The Morgan fingerprint density at radius 3 is 2.95 bits per heavy atom. The summed E-state index contributed by atoms with van der Waals surface area (Å²) in [6.45, 7) is 5.53. The molecule has 1 aliphatic carbocycles. The van der Waals surface area contributed by atoms with Gasteiger partial charge in [-0.2, -0.15) is 0 Å². The highest BCUT2D eigenvalue weighted by molar-refractivity contribution is 5.77. The van der Waals surface area contributed by atoms with Gasteiger partial charge in [-0.15, -0.1) is 0 Å². The third kappa shape index (κ3) is 2.39. The number of carboxylic acids is 1. The molecule has 0 bridgehead atoms. The molecule has 0 unspecified atom stereocenters. The van der Waals surface area contributed by atoms with E-state index in [1.807, 2.05) is 6.07 Å². The molecule has 1 aliphatic heterocycles. The fourth-order valence-electron chi connectivity index (χ4n) is 3.80. The van der Waals surface area contributed by atoms with Crippen molar-refractivity contribution in [1.82, 2.24) is 9.97 Å². The van der Waals surface area contributed by atoms with Gasteiger partial charge in [-0.05, 0) is 24.8 Å². The van der Waals surface area contributed by atoms with Gasteiger partial charge in [0.25, 0.3) is 0 Å². The second kappa shape index (κ2) is 5.28. The Hall–Kier alpha value is -1.65. The van der Waals surface area contributed by atoms with Crippen molar-refractivity contribution >= 4 is 11.8 Å². The Morgan fingerprint density at radius 1 is 1.48 bits per heavy atom. The van der Waals surface area contributed by atoms with E-state index in [-0.39, 0.29) is 11.8 Å². The highest BCUT2D eigenvalue weighted by Gasteiger charge is 2.53. The van der Waals surface area contributed by atoms with Crippen molar-refractivity contribution in [3.8, 4) is 0 Å². The summed E-state index contributed by atoms with van der Waals surface area (Å²) in [5, 5.41) is 9.75. The average Bonchev–Trinajstić information content (AvgIpc) is 2.88. The highest BCUT2D eigenvalue weighted by Crippen LogP contribution is 2.47. The van der Waals surface area contributed by atoms with Crippen LogP contribution in [0.15, 0.2) is 12.3 Å². The van der Waals surface area contributed by atoms with Crippen molar-refractivity contribution < 1.29 is 9.90 Å². The monoisotopic (exact) mass is 289 g/mol. The van der Waals surface area contributed by atoms with Crippen LogP contribution in [-0.2, 0) is 4.79 Å². The second-order valence-electron chi connectivity index (χ2n) is 6.71. The van der Waals surface area contributed by atoms with E-state index >= 15 is 0 Å². The van der Waals surface area contributed by atoms with Gasteiger partial charge in [0.15, 0.2) is 0 Å². The maximum atomic E-state index is 11.9. The topological polar surface area (TPSA) is 66.3 Å². The van der Waals surface area contributed by atoms with Crippen LogP contribution in [-0.4, -0.2) is 34.1 Å². The second-order valence-corrected chi connectivity index (χ2v) is 6.71. The Bertz CT molecular complexity index is 546. The van der Waals surface area contributed by atoms with Gasteiger partial charge in [0.2, 0.25) is 0 Å². The van der Waals surface area contributed by atoms with Gasteiger partial charge in [0, 0.05) is 25.2 Å². The Balaban J connectivity index is 1.88. The lowest BCUT2D eigenvalue weighted by Crippen LogP contribution is -2.41. The van der Waals surface area contributed by atoms with Crippen molar-refractivity contribution in [2.75, 3.05) is 18.0 Å². The predicted molar refractivity (Wildman–Crippen MR) is 80.4 cm³/mol. The number of aliphatic carboxylic acids is 1. The van der Waals surface area contributed by atoms with Crippen LogP contribution in [0.3, 0.4) is 0 Å². The summed E-state index contributed by atoms with van der Waals surface area (Å²) in [5.74, 6) is 1.60. The molecule has 0 spiro atoms. The number of fused-ring (bicyclic) bond motifs is 1. The minimum Gasteiger partial charge on any atom is -0.481 e. The van der Waals surface area contributed by atoms with E-state index in [2.05, 4.69) is 28.7 Å². The zero-order chi connectivity index (χ0) is 15.0. The Labute approximate surface area is 125 Å². The van der Waals surface area contributed by atoms with E-state index in [1.165, 1.54) is 0 Å². The third-order valence-electron chi connectivity index (χ3n) is 5.05. The molecular formula is C16H23N3O2. The molecule has 5 nitrogen and oxygen atoms in total. The molecule has 1 aromatic heterocycles. The fourth-order valence-corrected chi connectivity index (χ4v) is 3.80. The van der Waals surface area contributed by atoms with Crippen LogP contribution in [0.1, 0.15) is 51.3 Å². The van der Waals surface area contributed by atoms with E-state index < -0.39 is 11.4 Å². The van der Waals surface area contributed by atoms with Crippen molar-refractivity contribution in [1.29, 1.82) is 0 Å². The average molecular weight is 289 g/mol. The molecule has 0 aromatic carbocycles. The van der Waals surface area contributed by atoms with Crippen LogP contribution >= 0.6 is 0 Å². The Morgan fingerprint density at radius 2 is 2.29 bits per heavy atom. The molecule has 5 heteroatoms. The lowest BCUT2D eigenvalue weighted by Gasteiger charge is -2.34. The number of anilines is 1. The van der Waals surface area contributed by atoms with E-state index in [0.717, 1.165) is 43.9 Å². The van der Waals surface area contributed by atoms with Crippen molar-refractivity contribution in [2.45, 2.75) is 45.4 Å². The smallest absolute Gasteiger partial charge is 0.311 e. The molecule has 0 amide bonds. The molecule has 21 heavy (non-hydrogen) atoms. The van der Waals surface area contributed by atoms with E-state index in [9.17, 15) is 9.90 Å². The summed E-state index contributed by atoms with van der Waals surface area (Å²) >= 11 is 0. The van der Waals surface area contributed by atoms with Crippen molar-refractivity contribution in [3.05, 3.63) is 18.1 Å². The number of carbonyl (C=O) groups is 1. The summed E-state index contributed by atoms with van der Waals surface area (Å²) in [6.07, 6.45) is 5.77. The number of aromatic nitrogens is 2. The molecule has 1 aromatic rings. The van der Waals surface area contributed by atoms with E-state index in [1.54, 1.807) is 6.20 Å². The van der Waals surface area contributed by atoms with Crippen LogP contribution in [0.25, 0.3) is 0 Å². The fraction of sp³-hybridized carbons (Fsp3) is 0.688. The van der Waals surface area contributed by atoms with Gasteiger partial charge in [-0.1, -0.05) is 26.7 Å². The zero-order valence-corrected chi connectivity index (χ0v) is 12.7. The van der Waals surface area contributed by atoms with Crippen molar-refractivity contribution in [2.24, 2.45) is 11.3 Å². The normalized spacial score (nSPS) is 28.7. The molecule has 2 atom stereocenters. The van der Waals surface area contributed by atoms with Gasteiger partial charge in [0.05, 0.1) is 5.41 Å². The van der Waals surface area contributed by atoms with Gasteiger partial charge in [-0.3, -0.25) is 4.79 Å². The molecule has 1 saturated heterocycles. The number of hydrogen-bond donors (Lipinski definition) is 1. The molecule has 2 heterocycles. The first-order valence-electron chi connectivity index (χ1n) is 7.84. The number of nitrogens with zero attached hydrogens (tertiary/aromatic N) is 3. The van der Waals surface area contributed by atoms with E-state index in [0.29, 0.717) is 6.54 Å². The largest absolute Gasteiger partial charge is 0.481 e. The summed E-state index contributed by atoms with van der Waals surface area (Å²) in [7, 11) is 0. The first kappa shape index (κ1) is 14.3. The van der Waals surface area contributed by atoms with Crippen molar-refractivity contribution in [3.63, 3.8) is 0 Å². The molecule has 0 radical (unpaired) electrons. The minimum absolute atomic E-state index is 0.251. The SMILES string of the molecule is CC(C)c1nccc(N2C[C@@H]3CCCC[C@]3(C(=O)O)C2)n1. The summed E-state index contributed by atoms with van der Waals surface area (Å²) in [4.78, 5) is 22.9. The zero-order valence-electron chi connectivity index (χ0n) is 12.7. The lowest BCUT2D eigenvalue weighted by molar-refractivity contribution is -0.152. The summed E-state index contributed by atoms with van der Waals surface area (Å²) < 4.78 is 0. The summed E-state index contributed by atoms with van der Waals surface area (Å²) in [5.41, 5.74) is -0.568. The number of hydrogen-bond acceptors (Lipinski definition) is 4. The summed E-state index contributed by atoms with van der Waals surface area (Å²) in [6, 6.07) is 1.90. The molecular weight excluding hydrogens is 266 g/mol. The number of rotatable bonds is 3. The lowest BCUT2D eigenvalue weighted by atomic mass is 9.68. The van der Waals surface area contributed by atoms with Gasteiger partial charge in [0.1, 0.15) is 11.6 Å². The van der Waals surface area contributed by atoms with E-state index in [4.69, 9.17) is 0 Å². The van der Waals surface area contributed by atoms with Gasteiger partial charge >= 0.3 is 5.97 Å². The molecule has 2 fully saturated rings. The maximum Gasteiger partial charge on any atom is 0.311 e. The molecule has 1 saturated carbocycles. The first-order valence-corrected chi connectivity index (χ1v) is 7.84. The third-order valence-corrected chi connectivity index (χ3v) is 5.05. The number of carboxylic acid groups (broad SMARTS) is 1. The molecule has 2 aliphatic rings. The van der Waals surface area contributed by atoms with Crippen LogP contribution in [0.5, 0.6) is 0 Å². The van der Waals surface area contributed by atoms with Crippen LogP contribution in [0.2, 0.25) is 0 Å². The Kier molecular flexibility index (Phi) is 3.59. The highest BCUT2D eigenvalue weighted by atomic mass is 16.4. The van der Waals surface area contributed by atoms with Gasteiger partial charge < -0.3 is 10.0 Å². The van der Waals surface area contributed by atoms with Crippen LogP contribution in [0.4, 0.5) is 5.82 Å². The minimum atomic E-state index is -0.632. The van der Waals surface area contributed by atoms with Crippen LogP contribution < -0.4 is 4.90 Å². The molecule has 114 valence electrons. The quantitative estimate of drug-likeness (QED) is 0.926. The maximum absolute atomic E-state index is 11.9. The van der Waals surface area contributed by atoms with Gasteiger partial charge in [-0.25, -0.2) is 9.97 Å². The molecule has 3 rings (SSSR count). The standard InChI is InChI=1S/C16H23N3O2/c1-11(2)14-17-8-6-13(18-14)19-9-12-5-3-4-7-16(12,10-19)15(20)21/h6,8,11-12H,3-5,7,9-10H2,1-2H3,(H,20,21)/t12-,16-/m0/s1. The van der Waals surface area contributed by atoms with Crippen LogP contribution in [0, 0.1) is 11.3 Å².